The Morgan fingerprint density at radius 3 is 2.50 bits per heavy atom. The molecule has 5 rings (SSSR count). The SMILES string of the molecule is CCOC1CCC2(CC1)Cc1ccc(-c3cccc(OC)c3)cc1C21NC(=O)N(C)C1=O. The maximum Gasteiger partial charge on any atom is 0.325 e. The minimum absolute atomic E-state index is 0.140. The molecule has 1 aliphatic heterocycles. The zero-order chi connectivity index (χ0) is 22.5. The first-order chi connectivity index (χ1) is 15.4. The van der Waals surface area contributed by atoms with Gasteiger partial charge in [0, 0.05) is 19.1 Å². The van der Waals surface area contributed by atoms with E-state index in [1.165, 1.54) is 4.90 Å². The van der Waals surface area contributed by atoms with Crippen LogP contribution in [0.5, 0.6) is 5.75 Å². The molecule has 1 saturated carbocycles. The van der Waals surface area contributed by atoms with Crippen LogP contribution in [-0.4, -0.2) is 43.7 Å². The summed E-state index contributed by atoms with van der Waals surface area (Å²) in [4.78, 5) is 27.7. The number of nitrogens with one attached hydrogen (secondary N) is 1. The maximum atomic E-state index is 13.7. The van der Waals surface area contributed by atoms with E-state index < -0.39 is 5.54 Å². The van der Waals surface area contributed by atoms with E-state index in [1.807, 2.05) is 31.2 Å². The second kappa shape index (κ2) is 7.62. The fourth-order valence-corrected chi connectivity index (χ4v) is 6.13. The molecule has 6 heteroatoms. The van der Waals surface area contributed by atoms with Gasteiger partial charge in [0.2, 0.25) is 0 Å². The van der Waals surface area contributed by atoms with Gasteiger partial charge in [-0.3, -0.25) is 9.69 Å². The van der Waals surface area contributed by atoms with Crippen molar-refractivity contribution in [2.75, 3.05) is 20.8 Å². The molecule has 3 aliphatic rings. The number of benzene rings is 2. The van der Waals surface area contributed by atoms with Crippen molar-refractivity contribution in [2.45, 2.75) is 50.7 Å². The Morgan fingerprint density at radius 1 is 1.09 bits per heavy atom. The van der Waals surface area contributed by atoms with E-state index in [4.69, 9.17) is 9.47 Å². The van der Waals surface area contributed by atoms with Crippen molar-refractivity contribution in [1.82, 2.24) is 10.2 Å². The number of fused-ring (bicyclic) bond motifs is 3. The van der Waals surface area contributed by atoms with E-state index in [0.717, 1.165) is 60.1 Å². The van der Waals surface area contributed by atoms with Crippen LogP contribution in [0.25, 0.3) is 11.1 Å². The molecule has 1 saturated heterocycles. The summed E-state index contributed by atoms with van der Waals surface area (Å²) in [5, 5.41) is 3.17. The molecule has 1 N–H and O–H groups in total. The first-order valence-electron chi connectivity index (χ1n) is 11.4. The highest BCUT2D eigenvalue weighted by Gasteiger charge is 2.67. The molecule has 1 atom stereocenters. The highest BCUT2D eigenvalue weighted by Crippen LogP contribution is 2.60. The van der Waals surface area contributed by atoms with Gasteiger partial charge in [0.05, 0.1) is 13.2 Å². The highest BCUT2D eigenvalue weighted by atomic mass is 16.5. The summed E-state index contributed by atoms with van der Waals surface area (Å²) in [5.41, 5.74) is 2.78. The Balaban J connectivity index is 1.61. The van der Waals surface area contributed by atoms with E-state index in [1.54, 1.807) is 14.2 Å². The van der Waals surface area contributed by atoms with Crippen LogP contribution in [0.3, 0.4) is 0 Å². The number of nitrogens with zero attached hydrogens (tertiary/aromatic N) is 1. The molecule has 168 valence electrons. The first-order valence-corrected chi connectivity index (χ1v) is 11.4. The van der Waals surface area contributed by atoms with Crippen molar-refractivity contribution in [1.29, 1.82) is 0 Å². The monoisotopic (exact) mass is 434 g/mol. The van der Waals surface area contributed by atoms with E-state index in [2.05, 4.69) is 23.5 Å². The van der Waals surface area contributed by atoms with Gasteiger partial charge in [0.1, 0.15) is 5.75 Å². The Hall–Kier alpha value is -2.86. The molecule has 1 heterocycles. The first kappa shape index (κ1) is 21.0. The Kier molecular flexibility index (Phi) is 5.01. The largest absolute Gasteiger partial charge is 0.497 e. The zero-order valence-electron chi connectivity index (χ0n) is 18.9. The number of urea groups is 1. The summed E-state index contributed by atoms with van der Waals surface area (Å²) in [7, 11) is 3.23. The Bertz CT molecular complexity index is 1070. The van der Waals surface area contributed by atoms with Gasteiger partial charge in [-0.25, -0.2) is 4.79 Å². The summed E-state index contributed by atoms with van der Waals surface area (Å²) < 4.78 is 11.3. The lowest BCUT2D eigenvalue weighted by Crippen LogP contribution is -2.56. The molecule has 6 nitrogen and oxygen atoms in total. The number of amides is 3. The predicted octanol–water partition coefficient (Wildman–Crippen LogP) is 4.26. The van der Waals surface area contributed by atoms with Gasteiger partial charge < -0.3 is 14.8 Å². The summed E-state index contributed by atoms with van der Waals surface area (Å²) in [6.07, 6.45) is 4.52. The quantitative estimate of drug-likeness (QED) is 0.730. The van der Waals surface area contributed by atoms with E-state index in [0.29, 0.717) is 6.61 Å². The predicted molar refractivity (Wildman–Crippen MR) is 121 cm³/mol. The lowest BCUT2D eigenvalue weighted by atomic mass is 9.61. The number of carbonyl (C=O) groups excluding carboxylic acids is 2. The molecule has 2 fully saturated rings. The van der Waals surface area contributed by atoms with Crippen LogP contribution in [0, 0.1) is 5.41 Å². The van der Waals surface area contributed by atoms with Crippen molar-refractivity contribution < 1.29 is 19.1 Å². The molecule has 2 aromatic carbocycles. The van der Waals surface area contributed by atoms with Gasteiger partial charge in [0.25, 0.3) is 5.91 Å². The highest BCUT2D eigenvalue weighted by molar-refractivity contribution is 6.08. The van der Waals surface area contributed by atoms with Gasteiger partial charge in [-0.05, 0) is 79.5 Å². The second-order valence-corrected chi connectivity index (χ2v) is 9.26. The molecule has 2 aliphatic carbocycles. The van der Waals surface area contributed by atoms with Crippen LogP contribution in [-0.2, 0) is 21.5 Å². The average Bonchev–Trinajstić information content (AvgIpc) is 3.21. The van der Waals surface area contributed by atoms with E-state index in [9.17, 15) is 9.59 Å². The molecule has 2 aromatic rings. The molecule has 32 heavy (non-hydrogen) atoms. The number of hydrogen-bond donors (Lipinski definition) is 1. The van der Waals surface area contributed by atoms with Gasteiger partial charge in [-0.1, -0.05) is 24.3 Å². The standard InChI is InChI=1S/C26H30N2O4/c1-4-32-20-10-12-25(13-11-20)16-19-9-8-18(17-6-5-7-21(14-17)31-3)15-22(19)26(25)23(29)28(2)24(30)27-26/h5-9,14-15,20H,4,10-13,16H2,1-3H3,(H,27,30). The van der Waals surface area contributed by atoms with Crippen LogP contribution < -0.4 is 10.1 Å². The molecular weight excluding hydrogens is 404 g/mol. The third-order valence-electron chi connectivity index (χ3n) is 7.76. The van der Waals surface area contributed by atoms with Crippen molar-refractivity contribution in [3.05, 3.63) is 53.6 Å². The maximum absolute atomic E-state index is 13.7. The van der Waals surface area contributed by atoms with Crippen LogP contribution in [0.4, 0.5) is 4.79 Å². The summed E-state index contributed by atoms with van der Waals surface area (Å²) in [6.45, 7) is 2.72. The van der Waals surface area contributed by atoms with Gasteiger partial charge >= 0.3 is 6.03 Å². The molecule has 2 spiro atoms. The van der Waals surface area contributed by atoms with E-state index >= 15 is 0 Å². The molecular formula is C26H30N2O4. The van der Waals surface area contributed by atoms with Crippen molar-refractivity contribution in [3.8, 4) is 16.9 Å². The lowest BCUT2D eigenvalue weighted by molar-refractivity contribution is -0.138. The van der Waals surface area contributed by atoms with Crippen molar-refractivity contribution >= 4 is 11.9 Å². The van der Waals surface area contributed by atoms with Crippen LogP contribution in [0.1, 0.15) is 43.7 Å². The molecule has 3 amide bonds. The van der Waals surface area contributed by atoms with Gasteiger partial charge in [-0.2, -0.15) is 0 Å². The molecule has 0 aromatic heterocycles. The second-order valence-electron chi connectivity index (χ2n) is 9.26. The minimum atomic E-state index is -1.01. The third-order valence-corrected chi connectivity index (χ3v) is 7.76. The summed E-state index contributed by atoms with van der Waals surface area (Å²) in [6, 6.07) is 13.9. The minimum Gasteiger partial charge on any atom is -0.497 e. The summed E-state index contributed by atoms with van der Waals surface area (Å²) in [5.74, 6) is 0.646. The van der Waals surface area contributed by atoms with Crippen LogP contribution >= 0.6 is 0 Å². The number of carbonyl (C=O) groups is 2. The zero-order valence-corrected chi connectivity index (χ0v) is 18.9. The lowest BCUT2D eigenvalue weighted by Gasteiger charge is -2.46. The number of methoxy groups -OCH3 is 1. The van der Waals surface area contributed by atoms with Gasteiger partial charge in [0.15, 0.2) is 5.54 Å². The van der Waals surface area contributed by atoms with Crippen LogP contribution in [0.15, 0.2) is 42.5 Å². The smallest absolute Gasteiger partial charge is 0.325 e. The molecule has 1 unspecified atom stereocenters. The molecule has 0 radical (unpaired) electrons. The fourth-order valence-electron chi connectivity index (χ4n) is 6.13. The fraction of sp³-hybridized carbons (Fsp3) is 0.462. The van der Waals surface area contributed by atoms with Crippen molar-refractivity contribution in [2.24, 2.45) is 5.41 Å². The number of rotatable bonds is 4. The third kappa shape index (κ3) is 2.89. The summed E-state index contributed by atoms with van der Waals surface area (Å²) >= 11 is 0. The van der Waals surface area contributed by atoms with Gasteiger partial charge in [-0.15, -0.1) is 0 Å². The Labute approximate surface area is 188 Å². The van der Waals surface area contributed by atoms with Crippen molar-refractivity contribution in [3.63, 3.8) is 0 Å². The topological polar surface area (TPSA) is 67.9 Å². The Morgan fingerprint density at radius 2 is 1.84 bits per heavy atom. The number of hydrogen-bond acceptors (Lipinski definition) is 4. The normalized spacial score (nSPS) is 29.0. The van der Waals surface area contributed by atoms with E-state index in [-0.39, 0.29) is 23.5 Å². The molecule has 0 bridgehead atoms. The average molecular weight is 435 g/mol. The number of ether oxygens (including phenoxy) is 2. The van der Waals surface area contributed by atoms with Crippen LogP contribution in [0.2, 0.25) is 0 Å². The number of likely N-dealkylation sites (N-methyl/N-ethyl adjacent to an activating group) is 1. The number of imide groups is 1.